The van der Waals surface area contributed by atoms with Crippen molar-refractivity contribution in [1.29, 1.82) is 0 Å². The SMILES string of the molecule is O=C(CCNC1CC1)Nc1nc(Cl)c2[nH]cnc2n1. The number of carbonyl (C=O) groups is 1. The fraction of sp³-hybridized carbons (Fsp3) is 0.455. The van der Waals surface area contributed by atoms with E-state index in [1.807, 2.05) is 0 Å². The molecule has 2 aromatic heterocycles. The number of H-pyrrole nitrogens is 1. The van der Waals surface area contributed by atoms with Crippen molar-refractivity contribution in [1.82, 2.24) is 25.3 Å². The number of hydrogen-bond donors (Lipinski definition) is 3. The molecule has 8 heteroatoms. The molecule has 1 amide bonds. The number of hydrogen-bond acceptors (Lipinski definition) is 5. The minimum absolute atomic E-state index is 0.140. The first-order valence-electron chi connectivity index (χ1n) is 6.12. The summed E-state index contributed by atoms with van der Waals surface area (Å²) in [6.07, 6.45) is 4.28. The molecule has 7 nitrogen and oxygen atoms in total. The predicted molar refractivity (Wildman–Crippen MR) is 71.0 cm³/mol. The molecule has 2 aromatic rings. The second-order valence-electron chi connectivity index (χ2n) is 4.47. The van der Waals surface area contributed by atoms with E-state index in [-0.39, 0.29) is 17.0 Å². The second-order valence-corrected chi connectivity index (χ2v) is 4.82. The molecular formula is C11H13ClN6O. The van der Waals surface area contributed by atoms with Crippen molar-refractivity contribution >= 4 is 34.6 Å². The summed E-state index contributed by atoms with van der Waals surface area (Å²) in [5, 5.41) is 6.13. The molecule has 2 heterocycles. The van der Waals surface area contributed by atoms with Crippen LogP contribution in [0.5, 0.6) is 0 Å². The van der Waals surface area contributed by atoms with Gasteiger partial charge in [0.1, 0.15) is 5.52 Å². The average molecular weight is 281 g/mol. The molecule has 0 saturated heterocycles. The van der Waals surface area contributed by atoms with Gasteiger partial charge in [0.2, 0.25) is 11.9 Å². The summed E-state index contributed by atoms with van der Waals surface area (Å²) in [6.45, 7) is 0.662. The Morgan fingerprint density at radius 2 is 2.32 bits per heavy atom. The van der Waals surface area contributed by atoms with Crippen LogP contribution < -0.4 is 10.6 Å². The Morgan fingerprint density at radius 3 is 3.11 bits per heavy atom. The number of anilines is 1. The van der Waals surface area contributed by atoms with Crippen LogP contribution in [0.3, 0.4) is 0 Å². The molecule has 0 aliphatic heterocycles. The van der Waals surface area contributed by atoms with Crippen LogP contribution in [0, 0.1) is 0 Å². The molecule has 1 fully saturated rings. The Hall–Kier alpha value is -1.73. The Morgan fingerprint density at radius 1 is 1.47 bits per heavy atom. The second kappa shape index (κ2) is 5.10. The van der Waals surface area contributed by atoms with Crippen molar-refractivity contribution in [2.24, 2.45) is 0 Å². The Bertz CT molecular complexity index is 608. The number of nitrogens with zero attached hydrogens (tertiary/aromatic N) is 3. The lowest BCUT2D eigenvalue weighted by molar-refractivity contribution is -0.116. The molecular weight excluding hydrogens is 268 g/mol. The van der Waals surface area contributed by atoms with Gasteiger partial charge in [0.05, 0.1) is 6.33 Å². The summed E-state index contributed by atoms with van der Waals surface area (Å²) < 4.78 is 0. The summed E-state index contributed by atoms with van der Waals surface area (Å²) in [6, 6.07) is 0.596. The zero-order valence-corrected chi connectivity index (χ0v) is 10.9. The minimum atomic E-state index is -0.140. The van der Waals surface area contributed by atoms with Crippen LogP contribution in [0.4, 0.5) is 5.95 Å². The van der Waals surface area contributed by atoms with Gasteiger partial charge in [0, 0.05) is 19.0 Å². The van der Waals surface area contributed by atoms with E-state index in [0.717, 1.165) is 0 Å². The maximum Gasteiger partial charge on any atom is 0.233 e. The van der Waals surface area contributed by atoms with E-state index in [0.29, 0.717) is 30.2 Å². The van der Waals surface area contributed by atoms with Gasteiger partial charge in [0.15, 0.2) is 10.8 Å². The van der Waals surface area contributed by atoms with Crippen molar-refractivity contribution in [3.05, 3.63) is 11.5 Å². The third-order valence-electron chi connectivity index (χ3n) is 2.86. The fourth-order valence-corrected chi connectivity index (χ4v) is 1.94. The lowest BCUT2D eigenvalue weighted by atomic mass is 10.4. The number of aromatic amines is 1. The van der Waals surface area contributed by atoms with E-state index in [1.165, 1.54) is 19.2 Å². The smallest absolute Gasteiger partial charge is 0.233 e. The quantitative estimate of drug-likeness (QED) is 0.713. The minimum Gasteiger partial charge on any atom is -0.341 e. The van der Waals surface area contributed by atoms with Crippen LogP contribution in [-0.2, 0) is 4.79 Å². The van der Waals surface area contributed by atoms with Gasteiger partial charge in [-0.25, -0.2) is 4.98 Å². The zero-order chi connectivity index (χ0) is 13.2. The number of nitrogens with one attached hydrogen (secondary N) is 3. The van der Waals surface area contributed by atoms with Crippen LogP contribution in [0.15, 0.2) is 6.33 Å². The van der Waals surface area contributed by atoms with Gasteiger partial charge in [-0.15, -0.1) is 0 Å². The lowest BCUT2D eigenvalue weighted by Gasteiger charge is -2.04. The molecule has 19 heavy (non-hydrogen) atoms. The number of aromatic nitrogens is 4. The van der Waals surface area contributed by atoms with Gasteiger partial charge in [-0.05, 0) is 12.8 Å². The molecule has 3 rings (SSSR count). The highest BCUT2D eigenvalue weighted by atomic mass is 35.5. The molecule has 0 radical (unpaired) electrons. The van der Waals surface area contributed by atoms with Crippen LogP contribution in [0.2, 0.25) is 5.15 Å². The van der Waals surface area contributed by atoms with E-state index in [9.17, 15) is 4.79 Å². The number of carbonyl (C=O) groups excluding carboxylic acids is 1. The molecule has 1 aliphatic carbocycles. The highest BCUT2D eigenvalue weighted by Gasteiger charge is 2.20. The Balaban J connectivity index is 1.61. The number of halogens is 1. The van der Waals surface area contributed by atoms with Crippen LogP contribution in [0.1, 0.15) is 19.3 Å². The molecule has 1 saturated carbocycles. The highest BCUT2D eigenvalue weighted by Crippen LogP contribution is 2.19. The van der Waals surface area contributed by atoms with Crippen LogP contribution >= 0.6 is 11.6 Å². The summed E-state index contributed by atoms with van der Waals surface area (Å²) in [5.74, 6) is 0.0418. The van der Waals surface area contributed by atoms with Crippen molar-refractivity contribution in [2.45, 2.75) is 25.3 Å². The maximum atomic E-state index is 11.7. The summed E-state index contributed by atoms with van der Waals surface area (Å²) in [7, 11) is 0. The third-order valence-corrected chi connectivity index (χ3v) is 3.13. The van der Waals surface area contributed by atoms with Crippen LogP contribution in [0.25, 0.3) is 11.2 Å². The molecule has 0 spiro atoms. The Labute approximate surface area is 114 Å². The number of rotatable bonds is 5. The summed E-state index contributed by atoms with van der Waals surface area (Å²) in [5.41, 5.74) is 1.00. The highest BCUT2D eigenvalue weighted by molar-refractivity contribution is 6.33. The first-order chi connectivity index (χ1) is 9.22. The van der Waals surface area contributed by atoms with E-state index in [1.54, 1.807) is 0 Å². The summed E-state index contributed by atoms with van der Waals surface area (Å²) >= 11 is 5.96. The van der Waals surface area contributed by atoms with E-state index in [2.05, 4.69) is 30.6 Å². The van der Waals surface area contributed by atoms with Crippen molar-refractivity contribution < 1.29 is 4.79 Å². The molecule has 100 valence electrons. The summed E-state index contributed by atoms with van der Waals surface area (Å²) in [4.78, 5) is 26.6. The monoisotopic (exact) mass is 280 g/mol. The lowest BCUT2D eigenvalue weighted by Crippen LogP contribution is -2.23. The van der Waals surface area contributed by atoms with Gasteiger partial charge in [-0.3, -0.25) is 10.1 Å². The number of amides is 1. The number of fused-ring (bicyclic) bond motifs is 1. The average Bonchev–Trinajstić information content (AvgIpc) is 3.05. The van der Waals surface area contributed by atoms with Gasteiger partial charge in [-0.2, -0.15) is 9.97 Å². The maximum absolute atomic E-state index is 11.7. The Kier molecular flexibility index (Phi) is 3.31. The van der Waals surface area contributed by atoms with Crippen molar-refractivity contribution in [3.8, 4) is 0 Å². The van der Waals surface area contributed by atoms with Gasteiger partial charge in [-0.1, -0.05) is 11.6 Å². The van der Waals surface area contributed by atoms with E-state index in [4.69, 9.17) is 11.6 Å². The van der Waals surface area contributed by atoms with Crippen LogP contribution in [-0.4, -0.2) is 38.4 Å². The molecule has 0 atom stereocenters. The van der Waals surface area contributed by atoms with Crippen molar-refractivity contribution in [3.63, 3.8) is 0 Å². The van der Waals surface area contributed by atoms with E-state index >= 15 is 0 Å². The largest absolute Gasteiger partial charge is 0.341 e. The first-order valence-corrected chi connectivity index (χ1v) is 6.50. The fourth-order valence-electron chi connectivity index (χ4n) is 1.72. The topological polar surface area (TPSA) is 95.6 Å². The first kappa shape index (κ1) is 12.3. The molecule has 0 bridgehead atoms. The van der Waals surface area contributed by atoms with Gasteiger partial charge in [0.25, 0.3) is 0 Å². The third kappa shape index (κ3) is 2.99. The number of imidazole rings is 1. The normalized spacial score (nSPS) is 14.8. The molecule has 1 aliphatic rings. The van der Waals surface area contributed by atoms with E-state index < -0.39 is 0 Å². The van der Waals surface area contributed by atoms with Gasteiger partial charge >= 0.3 is 0 Å². The zero-order valence-electron chi connectivity index (χ0n) is 10.1. The molecule has 0 unspecified atom stereocenters. The predicted octanol–water partition coefficient (Wildman–Crippen LogP) is 1.09. The molecule has 0 aromatic carbocycles. The van der Waals surface area contributed by atoms with Crippen molar-refractivity contribution in [2.75, 3.05) is 11.9 Å². The standard InChI is InChI=1S/C11H13ClN6O/c12-9-8-10(15-5-14-8)18-11(17-9)16-7(19)3-4-13-6-1-2-6/h5-6,13H,1-4H2,(H2,14,15,16,17,18,19). The molecule has 3 N–H and O–H groups in total. The van der Waals surface area contributed by atoms with Gasteiger partial charge < -0.3 is 10.3 Å².